The maximum absolute atomic E-state index is 12.5. The Hall–Kier alpha value is -2.08. The molecular formula is C19H27NO5. The molecule has 0 spiro atoms. The molecule has 0 aliphatic carbocycles. The molecule has 1 unspecified atom stereocenters. The van der Waals surface area contributed by atoms with E-state index in [4.69, 9.17) is 9.47 Å². The molecule has 6 heteroatoms. The summed E-state index contributed by atoms with van der Waals surface area (Å²) in [5.74, 6) is -0.886. The van der Waals surface area contributed by atoms with Crippen molar-refractivity contribution in [3.8, 4) is 5.75 Å². The molecule has 1 aromatic rings. The third-order valence-electron chi connectivity index (χ3n) is 4.50. The zero-order chi connectivity index (χ0) is 18.7. The molecule has 6 nitrogen and oxygen atoms in total. The predicted octanol–water partition coefficient (Wildman–Crippen LogP) is 2.50. The Kier molecular flexibility index (Phi) is 5.72. The Balaban J connectivity index is 2.06. The van der Waals surface area contributed by atoms with Crippen LogP contribution in [0.3, 0.4) is 0 Å². The zero-order valence-corrected chi connectivity index (χ0v) is 15.3. The molecule has 1 aliphatic heterocycles. The van der Waals surface area contributed by atoms with Crippen molar-refractivity contribution in [2.45, 2.75) is 57.6 Å². The largest absolute Gasteiger partial charge is 0.481 e. The van der Waals surface area contributed by atoms with E-state index in [1.54, 1.807) is 13.0 Å². The first-order valence-corrected chi connectivity index (χ1v) is 8.54. The third kappa shape index (κ3) is 4.72. The zero-order valence-electron chi connectivity index (χ0n) is 15.3. The van der Waals surface area contributed by atoms with Crippen LogP contribution in [0.2, 0.25) is 0 Å². The van der Waals surface area contributed by atoms with Gasteiger partial charge in [-0.3, -0.25) is 4.79 Å². The van der Waals surface area contributed by atoms with Crippen molar-refractivity contribution in [2.24, 2.45) is 0 Å². The van der Waals surface area contributed by atoms with E-state index in [1.165, 1.54) is 0 Å². The number of carboxylic acid groups (broad SMARTS) is 1. The lowest BCUT2D eigenvalue weighted by Crippen LogP contribution is -2.59. The first kappa shape index (κ1) is 19.2. The smallest absolute Gasteiger partial charge is 0.329 e. The number of aliphatic carboxylic acids is 1. The van der Waals surface area contributed by atoms with E-state index < -0.39 is 23.5 Å². The van der Waals surface area contributed by atoms with E-state index in [0.29, 0.717) is 19.0 Å². The fourth-order valence-electron chi connectivity index (χ4n) is 2.74. The minimum atomic E-state index is -1.28. The van der Waals surface area contributed by atoms with Crippen molar-refractivity contribution < 1.29 is 24.2 Å². The minimum absolute atomic E-state index is 0.0275. The van der Waals surface area contributed by atoms with Gasteiger partial charge < -0.3 is 19.9 Å². The highest BCUT2D eigenvalue weighted by Crippen LogP contribution is 2.26. The molecule has 1 amide bonds. The van der Waals surface area contributed by atoms with Crippen LogP contribution in [0.5, 0.6) is 5.75 Å². The van der Waals surface area contributed by atoms with Gasteiger partial charge in [0.25, 0.3) is 5.91 Å². The molecule has 1 saturated heterocycles. The maximum Gasteiger partial charge on any atom is 0.329 e. The summed E-state index contributed by atoms with van der Waals surface area (Å²) in [4.78, 5) is 24.1. The lowest BCUT2D eigenvalue weighted by atomic mass is 9.87. The lowest BCUT2D eigenvalue weighted by Gasteiger charge is -2.34. The van der Waals surface area contributed by atoms with Gasteiger partial charge in [0.1, 0.15) is 11.3 Å². The number of hydrogen-bond donors (Lipinski definition) is 2. The quantitative estimate of drug-likeness (QED) is 0.853. The highest BCUT2D eigenvalue weighted by atomic mass is 16.5. The lowest BCUT2D eigenvalue weighted by molar-refractivity contribution is -0.153. The Morgan fingerprint density at radius 3 is 2.48 bits per heavy atom. The van der Waals surface area contributed by atoms with Crippen molar-refractivity contribution in [1.29, 1.82) is 0 Å². The number of rotatable bonds is 5. The maximum atomic E-state index is 12.5. The number of ether oxygens (including phenoxy) is 2. The molecule has 1 aromatic carbocycles. The van der Waals surface area contributed by atoms with Gasteiger partial charge in [-0.2, -0.15) is 0 Å². The second-order valence-electron chi connectivity index (χ2n) is 7.53. The van der Waals surface area contributed by atoms with Gasteiger partial charge in [0.15, 0.2) is 6.10 Å². The van der Waals surface area contributed by atoms with Crippen LogP contribution in [0.25, 0.3) is 0 Å². The Morgan fingerprint density at radius 1 is 1.28 bits per heavy atom. The number of amides is 1. The standard InChI is InChI=1S/C19H27NO5/c1-13(25-15-7-5-6-14(12-15)18(2,3)4)16(21)20-19(17(22)23)8-10-24-11-9-19/h5-7,12-13H,8-11H2,1-4H3,(H,20,21)(H,22,23). The predicted molar refractivity (Wildman–Crippen MR) is 93.8 cm³/mol. The normalized spacial score (nSPS) is 18.2. The highest BCUT2D eigenvalue weighted by molar-refractivity contribution is 5.89. The molecule has 1 fully saturated rings. The SMILES string of the molecule is CC(Oc1cccc(C(C)(C)C)c1)C(=O)NC1(C(=O)O)CCOCC1. The summed E-state index contributed by atoms with van der Waals surface area (Å²) in [5.41, 5.74) is -0.204. The van der Waals surface area contributed by atoms with Crippen LogP contribution in [0.15, 0.2) is 24.3 Å². The molecule has 0 bridgehead atoms. The topological polar surface area (TPSA) is 84.9 Å². The van der Waals surface area contributed by atoms with Crippen molar-refractivity contribution in [2.75, 3.05) is 13.2 Å². The van der Waals surface area contributed by atoms with Crippen molar-refractivity contribution in [3.63, 3.8) is 0 Å². The molecule has 0 aromatic heterocycles. The molecule has 0 radical (unpaired) electrons. The van der Waals surface area contributed by atoms with Gasteiger partial charge >= 0.3 is 5.97 Å². The van der Waals surface area contributed by atoms with E-state index in [9.17, 15) is 14.7 Å². The number of carbonyl (C=O) groups excluding carboxylic acids is 1. The summed E-state index contributed by atoms with van der Waals surface area (Å²) in [7, 11) is 0. The first-order valence-electron chi connectivity index (χ1n) is 8.54. The van der Waals surface area contributed by atoms with Crippen LogP contribution in [0.1, 0.15) is 46.1 Å². The highest BCUT2D eigenvalue weighted by Gasteiger charge is 2.42. The number of hydrogen-bond acceptors (Lipinski definition) is 4. The van der Waals surface area contributed by atoms with Gasteiger partial charge in [0.05, 0.1) is 0 Å². The van der Waals surface area contributed by atoms with Crippen LogP contribution < -0.4 is 10.1 Å². The van der Waals surface area contributed by atoms with Crippen LogP contribution >= 0.6 is 0 Å². The molecular weight excluding hydrogens is 322 g/mol. The van der Waals surface area contributed by atoms with Gasteiger partial charge in [0, 0.05) is 26.1 Å². The Bertz CT molecular complexity index is 629. The van der Waals surface area contributed by atoms with Gasteiger partial charge in [-0.25, -0.2) is 4.79 Å². The van der Waals surface area contributed by atoms with E-state index >= 15 is 0 Å². The molecule has 1 aliphatic rings. The van der Waals surface area contributed by atoms with Crippen molar-refractivity contribution in [1.82, 2.24) is 5.32 Å². The van der Waals surface area contributed by atoms with Gasteiger partial charge in [0.2, 0.25) is 0 Å². The monoisotopic (exact) mass is 349 g/mol. The molecule has 138 valence electrons. The minimum Gasteiger partial charge on any atom is -0.481 e. The molecule has 1 atom stereocenters. The average molecular weight is 349 g/mol. The van der Waals surface area contributed by atoms with Crippen molar-refractivity contribution >= 4 is 11.9 Å². The average Bonchev–Trinajstić information content (AvgIpc) is 2.55. The van der Waals surface area contributed by atoms with E-state index in [-0.39, 0.29) is 18.3 Å². The first-order chi connectivity index (χ1) is 11.6. The van der Waals surface area contributed by atoms with Gasteiger partial charge in [-0.05, 0) is 30.0 Å². The molecule has 1 heterocycles. The third-order valence-corrected chi connectivity index (χ3v) is 4.50. The fourth-order valence-corrected chi connectivity index (χ4v) is 2.74. The van der Waals surface area contributed by atoms with E-state index in [1.807, 2.05) is 18.2 Å². The molecule has 25 heavy (non-hydrogen) atoms. The number of benzene rings is 1. The second kappa shape index (κ2) is 7.44. The number of carboxylic acids is 1. The van der Waals surface area contributed by atoms with Gasteiger partial charge in [-0.1, -0.05) is 32.9 Å². The van der Waals surface area contributed by atoms with E-state index in [2.05, 4.69) is 26.1 Å². The summed E-state index contributed by atoms with van der Waals surface area (Å²) < 4.78 is 11.0. The van der Waals surface area contributed by atoms with Crippen LogP contribution in [-0.2, 0) is 19.7 Å². The van der Waals surface area contributed by atoms with Crippen LogP contribution in [0.4, 0.5) is 0 Å². The number of carbonyl (C=O) groups is 2. The molecule has 0 saturated carbocycles. The summed E-state index contributed by atoms with van der Waals surface area (Å²) in [5, 5.41) is 12.2. The second-order valence-corrected chi connectivity index (χ2v) is 7.53. The fraction of sp³-hybridized carbons (Fsp3) is 0.579. The summed E-state index contributed by atoms with van der Waals surface area (Å²) in [6.07, 6.45) is -0.296. The summed E-state index contributed by atoms with van der Waals surface area (Å²) in [6.45, 7) is 8.55. The molecule has 2 rings (SSSR count). The summed E-state index contributed by atoms with van der Waals surface area (Å²) in [6, 6.07) is 7.60. The van der Waals surface area contributed by atoms with Crippen LogP contribution in [0, 0.1) is 0 Å². The Labute approximate surface area is 148 Å². The Morgan fingerprint density at radius 2 is 1.92 bits per heavy atom. The van der Waals surface area contributed by atoms with Gasteiger partial charge in [-0.15, -0.1) is 0 Å². The van der Waals surface area contributed by atoms with Crippen LogP contribution in [-0.4, -0.2) is 41.8 Å². The van der Waals surface area contributed by atoms with Crippen molar-refractivity contribution in [3.05, 3.63) is 29.8 Å². The van der Waals surface area contributed by atoms with E-state index in [0.717, 1.165) is 5.56 Å². The molecule has 2 N–H and O–H groups in total. The number of nitrogens with one attached hydrogen (secondary N) is 1. The summed E-state index contributed by atoms with van der Waals surface area (Å²) >= 11 is 0.